The van der Waals surface area contributed by atoms with Gasteiger partial charge in [-0.1, -0.05) is 0 Å². The third-order valence-electron chi connectivity index (χ3n) is 0. The van der Waals surface area contributed by atoms with E-state index in [1.54, 1.807) is 0 Å². The molecule has 3 N–H and O–H groups in total. The summed E-state index contributed by atoms with van der Waals surface area (Å²) >= 11 is 0. The van der Waals surface area contributed by atoms with E-state index in [2.05, 4.69) is 13.2 Å². The summed E-state index contributed by atoms with van der Waals surface area (Å²) in [5, 5.41) is 0. The van der Waals surface area contributed by atoms with Crippen LogP contribution in [0.1, 0.15) is 1.43 Å². The predicted octanol–water partition coefficient (Wildman–Crippen LogP) is -1.92. The van der Waals surface area contributed by atoms with E-state index < -0.39 is 0 Å². The van der Waals surface area contributed by atoms with E-state index in [1.165, 1.54) is 0 Å². The molecule has 0 aliphatic rings. The summed E-state index contributed by atoms with van der Waals surface area (Å²) < 4.78 is 0. The molecule has 0 aromatic carbocycles. The average Bonchev–Trinajstić information content (AvgIpc) is 1.00. The quantitative estimate of drug-likeness (QED) is 0.261. The summed E-state index contributed by atoms with van der Waals surface area (Å²) in [6.07, 6.45) is 0. The van der Waals surface area contributed by atoms with E-state index in [1.807, 2.05) is 0 Å². The van der Waals surface area contributed by atoms with Crippen molar-refractivity contribution in [1.82, 2.24) is 6.15 Å². The van der Waals surface area contributed by atoms with Gasteiger partial charge in [0.05, 0.1) is 0 Å². The summed E-state index contributed by atoms with van der Waals surface area (Å²) in [5.41, 5.74) is 0. The molecule has 1 nitrogen and oxygen atoms in total. The van der Waals surface area contributed by atoms with Gasteiger partial charge >= 0.3 is 29.6 Å². The van der Waals surface area contributed by atoms with Gasteiger partial charge in [0.2, 0.25) is 0 Å². The standard InChI is InChI=1S/C2H4.H3N.Na.H/c1-2;;;/h1-2H2;1H3;;/q;;+1;-1. The second-order valence-corrected chi connectivity index (χ2v) is 0. The second kappa shape index (κ2) is 55.0. The van der Waals surface area contributed by atoms with Gasteiger partial charge in [-0.2, -0.15) is 0 Å². The number of hydrogen-bond acceptors (Lipinski definition) is 1. The van der Waals surface area contributed by atoms with Gasteiger partial charge in [-0.3, -0.25) is 0 Å². The van der Waals surface area contributed by atoms with Gasteiger partial charge in [-0.15, -0.1) is 13.2 Å². The van der Waals surface area contributed by atoms with Crippen molar-refractivity contribution in [2.75, 3.05) is 0 Å². The van der Waals surface area contributed by atoms with Crippen LogP contribution in [0.5, 0.6) is 0 Å². The van der Waals surface area contributed by atoms with Crippen molar-refractivity contribution in [3.8, 4) is 0 Å². The molecule has 0 unspecified atom stereocenters. The van der Waals surface area contributed by atoms with Gasteiger partial charge in [0.25, 0.3) is 0 Å². The molecular weight excluding hydrogens is 61.0 g/mol. The second-order valence-electron chi connectivity index (χ2n) is 0. The van der Waals surface area contributed by atoms with Crippen molar-refractivity contribution < 1.29 is 31.0 Å². The smallest absolute Gasteiger partial charge is 1.00 e. The molecular formula is C2H8NNa. The zero-order valence-corrected chi connectivity index (χ0v) is 5.12. The fraction of sp³-hybridized carbons (Fsp3) is 0. The van der Waals surface area contributed by atoms with E-state index in [0.717, 1.165) is 0 Å². The van der Waals surface area contributed by atoms with Gasteiger partial charge in [-0.05, 0) is 0 Å². The van der Waals surface area contributed by atoms with Crippen molar-refractivity contribution in [2.45, 2.75) is 0 Å². The fourth-order valence-corrected chi connectivity index (χ4v) is 0. The number of hydrogen-bond donors (Lipinski definition) is 1. The minimum Gasteiger partial charge on any atom is -1.00 e. The first-order valence-electron chi connectivity index (χ1n) is 0.500. The Kier molecular flexibility index (Phi) is 306. The Morgan fingerprint density at radius 3 is 1.25 bits per heavy atom. The Bertz CT molecular complexity index is 9.61. The molecule has 0 rings (SSSR count). The summed E-state index contributed by atoms with van der Waals surface area (Å²) in [7, 11) is 0. The Labute approximate surface area is 50.4 Å². The van der Waals surface area contributed by atoms with E-state index in [9.17, 15) is 0 Å². The monoisotopic (exact) mass is 69.1 g/mol. The first-order chi connectivity index (χ1) is 1.00. The van der Waals surface area contributed by atoms with Crippen LogP contribution in [-0.2, 0) is 0 Å². The molecule has 2 heteroatoms. The molecule has 0 aromatic rings. The Morgan fingerprint density at radius 2 is 1.25 bits per heavy atom. The third-order valence-corrected chi connectivity index (χ3v) is 0. The molecule has 22 valence electrons. The minimum atomic E-state index is 0. The fourth-order valence-electron chi connectivity index (χ4n) is 0. The topological polar surface area (TPSA) is 35.0 Å². The average molecular weight is 69.1 g/mol. The van der Waals surface area contributed by atoms with E-state index in [0.29, 0.717) is 0 Å². The van der Waals surface area contributed by atoms with Crippen molar-refractivity contribution in [3.63, 3.8) is 0 Å². The largest absolute Gasteiger partial charge is 1.00 e. The molecule has 0 aliphatic carbocycles. The zero-order valence-electron chi connectivity index (χ0n) is 4.12. The van der Waals surface area contributed by atoms with Crippen LogP contribution < -0.4 is 35.7 Å². The maximum absolute atomic E-state index is 3.00. The predicted molar refractivity (Wildman–Crippen MR) is 17.4 cm³/mol. The summed E-state index contributed by atoms with van der Waals surface area (Å²) in [6, 6.07) is 0. The molecule has 0 amide bonds. The van der Waals surface area contributed by atoms with Gasteiger partial charge in [0.15, 0.2) is 0 Å². The van der Waals surface area contributed by atoms with Crippen LogP contribution >= 0.6 is 0 Å². The molecule has 0 saturated carbocycles. The van der Waals surface area contributed by atoms with Crippen LogP contribution in [0.25, 0.3) is 0 Å². The first-order valence-corrected chi connectivity index (χ1v) is 0.500. The molecule has 0 heterocycles. The molecule has 0 radical (unpaired) electrons. The van der Waals surface area contributed by atoms with Crippen molar-refractivity contribution >= 4 is 0 Å². The van der Waals surface area contributed by atoms with Crippen molar-refractivity contribution in [3.05, 3.63) is 13.2 Å². The summed E-state index contributed by atoms with van der Waals surface area (Å²) in [5.74, 6) is 0. The zero-order chi connectivity index (χ0) is 2.00. The van der Waals surface area contributed by atoms with Crippen LogP contribution in [0.4, 0.5) is 0 Å². The maximum Gasteiger partial charge on any atom is 1.00 e. The van der Waals surface area contributed by atoms with Gasteiger partial charge in [0.1, 0.15) is 0 Å². The van der Waals surface area contributed by atoms with E-state index in [-0.39, 0.29) is 37.1 Å². The molecule has 0 atom stereocenters. The molecule has 0 fully saturated rings. The molecule has 0 saturated heterocycles. The Morgan fingerprint density at radius 1 is 1.25 bits per heavy atom. The maximum atomic E-state index is 3.00. The molecule has 0 aliphatic heterocycles. The minimum absolute atomic E-state index is 0. The normalized spacial score (nSPS) is 1.00. The molecule has 4 heavy (non-hydrogen) atoms. The third kappa shape index (κ3) is 15.9. The van der Waals surface area contributed by atoms with Crippen molar-refractivity contribution in [2.24, 2.45) is 0 Å². The summed E-state index contributed by atoms with van der Waals surface area (Å²) in [6.45, 7) is 6.00. The number of rotatable bonds is 0. The van der Waals surface area contributed by atoms with E-state index in [4.69, 9.17) is 0 Å². The Balaban J connectivity index is -0.00000000167. The summed E-state index contributed by atoms with van der Waals surface area (Å²) in [4.78, 5) is 0. The van der Waals surface area contributed by atoms with Gasteiger partial charge in [-0.25, -0.2) is 0 Å². The first kappa shape index (κ1) is 22.3. The SMILES string of the molecule is C=C.N.[H-].[Na+]. The molecule has 0 bridgehead atoms. The van der Waals surface area contributed by atoms with Crippen molar-refractivity contribution in [1.29, 1.82) is 0 Å². The van der Waals surface area contributed by atoms with Gasteiger partial charge < -0.3 is 7.58 Å². The van der Waals surface area contributed by atoms with Gasteiger partial charge in [0, 0.05) is 0 Å². The molecule has 0 aromatic heterocycles. The molecule has 0 spiro atoms. The Hall–Kier alpha value is 0.700. The van der Waals surface area contributed by atoms with Crippen LogP contribution in [0.2, 0.25) is 0 Å². The van der Waals surface area contributed by atoms with E-state index >= 15 is 0 Å². The van der Waals surface area contributed by atoms with Crippen LogP contribution in [-0.4, -0.2) is 0 Å². The van der Waals surface area contributed by atoms with Crippen LogP contribution in [0.3, 0.4) is 0 Å². The van der Waals surface area contributed by atoms with Crippen LogP contribution in [0.15, 0.2) is 13.2 Å². The van der Waals surface area contributed by atoms with Crippen LogP contribution in [0, 0.1) is 0 Å².